The molecular formula is C14H18N2O2S. The van der Waals surface area contributed by atoms with Crippen LogP contribution in [0.1, 0.15) is 24.8 Å². The van der Waals surface area contributed by atoms with Crippen LogP contribution in [0.5, 0.6) is 0 Å². The Kier molecular flexibility index (Phi) is 3.31. The first-order valence-corrected chi connectivity index (χ1v) is 7.67. The number of nitrogens with one attached hydrogen (secondary N) is 1. The van der Waals surface area contributed by atoms with E-state index in [4.69, 9.17) is 0 Å². The highest BCUT2D eigenvalue weighted by molar-refractivity contribution is 7.07. The third kappa shape index (κ3) is 2.66. The fourth-order valence-corrected chi connectivity index (χ4v) is 3.68. The monoisotopic (exact) mass is 278 g/mol. The van der Waals surface area contributed by atoms with Crippen LogP contribution in [-0.2, 0) is 16.0 Å². The predicted molar refractivity (Wildman–Crippen MR) is 73.9 cm³/mol. The Morgan fingerprint density at radius 1 is 1.42 bits per heavy atom. The van der Waals surface area contributed by atoms with Crippen LogP contribution in [0.4, 0.5) is 0 Å². The van der Waals surface area contributed by atoms with E-state index in [1.165, 1.54) is 0 Å². The molecule has 0 unspecified atom stereocenters. The van der Waals surface area contributed by atoms with Gasteiger partial charge >= 0.3 is 0 Å². The average molecular weight is 278 g/mol. The van der Waals surface area contributed by atoms with Gasteiger partial charge in [0.25, 0.3) is 0 Å². The maximum absolute atomic E-state index is 12.2. The molecule has 3 rings (SSSR count). The molecule has 19 heavy (non-hydrogen) atoms. The largest absolute Gasteiger partial charge is 0.356 e. The molecule has 0 radical (unpaired) electrons. The van der Waals surface area contributed by atoms with Gasteiger partial charge < -0.3 is 10.2 Å². The number of rotatable bonds is 2. The first-order valence-electron chi connectivity index (χ1n) is 6.72. The van der Waals surface area contributed by atoms with Crippen molar-refractivity contribution in [2.45, 2.75) is 25.7 Å². The van der Waals surface area contributed by atoms with Crippen molar-refractivity contribution in [1.82, 2.24) is 10.2 Å². The Balaban J connectivity index is 1.55. The van der Waals surface area contributed by atoms with Gasteiger partial charge in [0.1, 0.15) is 0 Å². The van der Waals surface area contributed by atoms with Crippen molar-refractivity contribution in [2.24, 2.45) is 5.41 Å². The first-order chi connectivity index (χ1) is 9.17. The highest BCUT2D eigenvalue weighted by atomic mass is 32.1. The van der Waals surface area contributed by atoms with Gasteiger partial charge in [-0.1, -0.05) is 0 Å². The number of thiophene rings is 1. The number of carbonyl (C=O) groups is 2. The molecule has 0 atom stereocenters. The van der Waals surface area contributed by atoms with Crippen LogP contribution in [0.25, 0.3) is 0 Å². The second-order valence-electron chi connectivity index (χ2n) is 5.64. The summed E-state index contributed by atoms with van der Waals surface area (Å²) in [4.78, 5) is 25.5. The van der Waals surface area contributed by atoms with Gasteiger partial charge in [-0.05, 0) is 40.6 Å². The van der Waals surface area contributed by atoms with E-state index in [-0.39, 0.29) is 17.2 Å². The highest BCUT2D eigenvalue weighted by Gasteiger charge is 2.41. The Bertz CT molecular complexity index is 476. The number of piperidine rings is 1. The zero-order chi connectivity index (χ0) is 13.3. The molecule has 2 aliphatic rings. The molecule has 1 spiro atoms. The van der Waals surface area contributed by atoms with Gasteiger partial charge in [0.2, 0.25) is 11.8 Å². The van der Waals surface area contributed by atoms with Gasteiger partial charge in [-0.25, -0.2) is 0 Å². The fourth-order valence-electron chi connectivity index (χ4n) is 3.02. The van der Waals surface area contributed by atoms with Crippen LogP contribution < -0.4 is 5.32 Å². The molecule has 2 fully saturated rings. The number of hydrogen-bond acceptors (Lipinski definition) is 3. The van der Waals surface area contributed by atoms with Gasteiger partial charge in [0, 0.05) is 26.1 Å². The van der Waals surface area contributed by atoms with Gasteiger partial charge in [-0.2, -0.15) is 11.3 Å². The molecular weight excluding hydrogens is 260 g/mol. The summed E-state index contributed by atoms with van der Waals surface area (Å²) in [6, 6.07) is 2.01. The van der Waals surface area contributed by atoms with E-state index in [1.54, 1.807) is 11.3 Å². The van der Waals surface area contributed by atoms with Crippen molar-refractivity contribution in [1.29, 1.82) is 0 Å². The van der Waals surface area contributed by atoms with E-state index in [1.807, 2.05) is 21.7 Å². The molecule has 2 aliphatic heterocycles. The molecule has 2 amide bonds. The van der Waals surface area contributed by atoms with Crippen molar-refractivity contribution in [3.63, 3.8) is 0 Å². The number of likely N-dealkylation sites (tertiary alicyclic amines) is 1. The van der Waals surface area contributed by atoms with Crippen LogP contribution in [0.3, 0.4) is 0 Å². The molecule has 5 heteroatoms. The van der Waals surface area contributed by atoms with E-state index >= 15 is 0 Å². The summed E-state index contributed by atoms with van der Waals surface area (Å²) in [6.45, 7) is 2.37. The molecule has 0 aliphatic carbocycles. The lowest BCUT2D eigenvalue weighted by atomic mass is 9.77. The van der Waals surface area contributed by atoms with Crippen LogP contribution in [0, 0.1) is 5.41 Å². The Labute approximate surface area is 116 Å². The summed E-state index contributed by atoms with van der Waals surface area (Å²) >= 11 is 1.63. The van der Waals surface area contributed by atoms with Crippen molar-refractivity contribution in [3.8, 4) is 0 Å². The Morgan fingerprint density at radius 2 is 2.21 bits per heavy atom. The summed E-state index contributed by atoms with van der Waals surface area (Å²) < 4.78 is 0. The maximum atomic E-state index is 12.2. The molecule has 1 N–H and O–H groups in total. The van der Waals surface area contributed by atoms with Crippen LogP contribution in [-0.4, -0.2) is 36.3 Å². The molecule has 0 bridgehead atoms. The van der Waals surface area contributed by atoms with Gasteiger partial charge in [0.15, 0.2) is 0 Å². The summed E-state index contributed by atoms with van der Waals surface area (Å²) in [5.41, 5.74) is 1.23. The van der Waals surface area contributed by atoms with Gasteiger partial charge in [0.05, 0.1) is 6.42 Å². The molecule has 0 aromatic carbocycles. The standard InChI is InChI=1S/C14H18N2O2S/c17-12-8-14(10-15-12)2-4-16(5-3-14)13(18)7-11-1-6-19-9-11/h1,6,9H,2-5,7-8,10H2,(H,15,17). The lowest BCUT2D eigenvalue weighted by Gasteiger charge is -2.38. The lowest BCUT2D eigenvalue weighted by Crippen LogP contribution is -2.44. The highest BCUT2D eigenvalue weighted by Crippen LogP contribution is 2.37. The Morgan fingerprint density at radius 3 is 2.79 bits per heavy atom. The number of hydrogen-bond donors (Lipinski definition) is 1. The van der Waals surface area contributed by atoms with Crippen molar-refractivity contribution >= 4 is 23.2 Å². The van der Waals surface area contributed by atoms with Crippen molar-refractivity contribution < 1.29 is 9.59 Å². The molecule has 4 nitrogen and oxygen atoms in total. The average Bonchev–Trinajstić information content (AvgIpc) is 3.01. The normalized spacial score (nSPS) is 21.7. The van der Waals surface area contributed by atoms with Gasteiger partial charge in [-0.15, -0.1) is 0 Å². The molecule has 1 aromatic rings. The maximum Gasteiger partial charge on any atom is 0.227 e. The summed E-state index contributed by atoms with van der Waals surface area (Å²) in [5.74, 6) is 0.378. The van der Waals surface area contributed by atoms with E-state index in [9.17, 15) is 9.59 Å². The van der Waals surface area contributed by atoms with E-state index in [0.29, 0.717) is 12.8 Å². The quantitative estimate of drug-likeness (QED) is 0.889. The molecule has 0 saturated carbocycles. The van der Waals surface area contributed by atoms with Crippen LogP contribution >= 0.6 is 11.3 Å². The van der Waals surface area contributed by atoms with E-state index in [0.717, 1.165) is 38.0 Å². The SMILES string of the molecule is O=C1CC2(CCN(C(=O)Cc3ccsc3)CC2)CN1. The minimum atomic E-state index is 0.121. The van der Waals surface area contributed by atoms with E-state index in [2.05, 4.69) is 5.32 Å². The molecule has 2 saturated heterocycles. The molecule has 1 aromatic heterocycles. The number of nitrogens with zero attached hydrogens (tertiary/aromatic N) is 1. The third-order valence-electron chi connectivity index (χ3n) is 4.31. The fraction of sp³-hybridized carbons (Fsp3) is 0.571. The molecule has 3 heterocycles. The van der Waals surface area contributed by atoms with Crippen LogP contribution in [0.15, 0.2) is 16.8 Å². The summed E-state index contributed by atoms with van der Waals surface area (Å²) in [7, 11) is 0. The van der Waals surface area contributed by atoms with Crippen molar-refractivity contribution in [3.05, 3.63) is 22.4 Å². The first kappa shape index (κ1) is 12.7. The predicted octanol–water partition coefficient (Wildman–Crippen LogP) is 1.42. The minimum absolute atomic E-state index is 0.121. The second kappa shape index (κ2) is 4.96. The summed E-state index contributed by atoms with van der Waals surface area (Å²) in [6.07, 6.45) is 3.04. The molecule has 102 valence electrons. The van der Waals surface area contributed by atoms with Crippen LogP contribution in [0.2, 0.25) is 0 Å². The van der Waals surface area contributed by atoms with Gasteiger partial charge in [-0.3, -0.25) is 9.59 Å². The smallest absolute Gasteiger partial charge is 0.227 e. The third-order valence-corrected chi connectivity index (χ3v) is 5.04. The zero-order valence-electron chi connectivity index (χ0n) is 10.9. The number of amides is 2. The Hall–Kier alpha value is -1.36. The number of carbonyl (C=O) groups excluding carboxylic acids is 2. The topological polar surface area (TPSA) is 49.4 Å². The van der Waals surface area contributed by atoms with E-state index < -0.39 is 0 Å². The second-order valence-corrected chi connectivity index (χ2v) is 6.42. The minimum Gasteiger partial charge on any atom is -0.356 e. The lowest BCUT2D eigenvalue weighted by molar-refractivity contribution is -0.132. The zero-order valence-corrected chi connectivity index (χ0v) is 11.7. The summed E-state index contributed by atoms with van der Waals surface area (Å²) in [5, 5.41) is 6.95. The van der Waals surface area contributed by atoms with Crippen molar-refractivity contribution in [2.75, 3.05) is 19.6 Å².